The van der Waals surface area contributed by atoms with Crippen molar-refractivity contribution in [1.82, 2.24) is 15.1 Å². The van der Waals surface area contributed by atoms with Crippen LogP contribution in [0, 0.1) is 0 Å². The molecule has 0 saturated carbocycles. The molecule has 2 aliphatic heterocycles. The SMILES string of the molecule is C.CN1C(C)(C)CC(N)CC1(C)C.COC(=O)CCC(=O)Cl.COC(=O)CCC(=O)NC1CC(C)(C)N(C)C(C)(C)C1. The highest BCUT2D eigenvalue weighted by atomic mass is 35.5. The van der Waals surface area contributed by atoms with Gasteiger partial charge in [-0.1, -0.05) is 7.43 Å². The van der Waals surface area contributed by atoms with Crippen LogP contribution in [0.25, 0.3) is 0 Å². The number of rotatable bonds is 7. The third-order valence-electron chi connectivity index (χ3n) is 8.55. The van der Waals surface area contributed by atoms with E-state index in [-0.39, 0.29) is 73.2 Å². The van der Waals surface area contributed by atoms with Crippen molar-refractivity contribution in [3.8, 4) is 0 Å². The monoisotopic (exact) mass is 620 g/mol. The summed E-state index contributed by atoms with van der Waals surface area (Å²) in [5.41, 5.74) is 6.61. The molecule has 0 aromatic heterocycles. The van der Waals surface area contributed by atoms with Gasteiger partial charge < -0.3 is 20.5 Å². The highest BCUT2D eigenvalue weighted by Gasteiger charge is 2.43. The zero-order valence-corrected chi connectivity index (χ0v) is 28.4. The largest absolute Gasteiger partial charge is 0.469 e. The normalized spacial score (nSPS) is 21.2. The van der Waals surface area contributed by atoms with Crippen LogP contribution in [0.2, 0.25) is 0 Å². The zero-order chi connectivity index (χ0) is 32.4. The fourth-order valence-corrected chi connectivity index (χ4v) is 5.94. The number of piperidine rings is 2. The van der Waals surface area contributed by atoms with Gasteiger partial charge in [0.1, 0.15) is 0 Å². The molecule has 10 nitrogen and oxygen atoms in total. The average Bonchev–Trinajstić information content (AvgIpc) is 2.82. The number of methoxy groups -OCH3 is 2. The highest BCUT2D eigenvalue weighted by Crippen LogP contribution is 2.37. The number of hydrogen-bond donors (Lipinski definition) is 2. The lowest BCUT2D eigenvalue weighted by atomic mass is 9.77. The molecule has 11 heteroatoms. The minimum Gasteiger partial charge on any atom is -0.469 e. The fourth-order valence-electron chi connectivity index (χ4n) is 5.84. The molecule has 2 fully saturated rings. The molecule has 0 unspecified atom stereocenters. The number of carbonyl (C=O) groups is 4. The molecule has 3 N–H and O–H groups in total. The predicted molar refractivity (Wildman–Crippen MR) is 170 cm³/mol. The summed E-state index contributed by atoms with van der Waals surface area (Å²) in [4.78, 5) is 48.1. The van der Waals surface area contributed by atoms with Crippen LogP contribution in [-0.4, -0.2) is 95.4 Å². The summed E-state index contributed by atoms with van der Waals surface area (Å²) < 4.78 is 8.80. The van der Waals surface area contributed by atoms with Crippen molar-refractivity contribution in [2.75, 3.05) is 28.3 Å². The molecule has 0 aromatic carbocycles. The van der Waals surface area contributed by atoms with E-state index < -0.39 is 11.2 Å². The first-order valence-electron chi connectivity index (χ1n) is 14.4. The number of nitrogens with zero attached hydrogens (tertiary/aromatic N) is 2. The number of ether oxygens (including phenoxy) is 2. The molecule has 0 radical (unpaired) electrons. The minimum absolute atomic E-state index is 0. The smallest absolute Gasteiger partial charge is 0.306 e. The summed E-state index contributed by atoms with van der Waals surface area (Å²) in [6.07, 6.45) is 4.49. The zero-order valence-electron chi connectivity index (χ0n) is 27.6. The second-order valence-electron chi connectivity index (χ2n) is 13.7. The van der Waals surface area contributed by atoms with Gasteiger partial charge in [-0.2, -0.15) is 0 Å². The number of nitrogens with one attached hydrogen (secondary N) is 1. The van der Waals surface area contributed by atoms with Gasteiger partial charge in [0.2, 0.25) is 11.1 Å². The van der Waals surface area contributed by atoms with Crippen LogP contribution in [0.1, 0.15) is 114 Å². The Hall–Kier alpha value is -1.75. The first-order chi connectivity index (χ1) is 18.5. The van der Waals surface area contributed by atoms with E-state index in [2.05, 4.69) is 94.1 Å². The number of likely N-dealkylation sites (tertiary alicyclic amines) is 2. The van der Waals surface area contributed by atoms with E-state index in [9.17, 15) is 19.2 Å². The van der Waals surface area contributed by atoms with Gasteiger partial charge in [-0.3, -0.25) is 29.0 Å². The fraction of sp³-hybridized carbons (Fsp3) is 0.871. The quantitative estimate of drug-likeness (QED) is 0.308. The number of carbonyl (C=O) groups excluding carboxylic acids is 4. The van der Waals surface area contributed by atoms with Crippen LogP contribution >= 0.6 is 11.6 Å². The van der Waals surface area contributed by atoms with E-state index in [1.54, 1.807) is 0 Å². The van der Waals surface area contributed by atoms with Crippen molar-refractivity contribution in [2.24, 2.45) is 5.73 Å². The first-order valence-corrected chi connectivity index (χ1v) is 14.7. The molecule has 1 amide bonds. The molecule has 0 spiro atoms. The number of nitrogens with two attached hydrogens (primary N) is 1. The van der Waals surface area contributed by atoms with E-state index in [4.69, 9.17) is 17.3 Å². The van der Waals surface area contributed by atoms with E-state index in [1.165, 1.54) is 14.2 Å². The van der Waals surface area contributed by atoms with Crippen LogP contribution in [0.15, 0.2) is 0 Å². The summed E-state index contributed by atoms with van der Waals surface area (Å²) in [5, 5.41) is 2.54. The summed E-state index contributed by atoms with van der Waals surface area (Å²) in [7, 11) is 6.93. The Labute approximate surface area is 260 Å². The van der Waals surface area contributed by atoms with Gasteiger partial charge in [-0.15, -0.1) is 0 Å². The van der Waals surface area contributed by atoms with E-state index in [0.717, 1.165) is 25.7 Å². The lowest BCUT2D eigenvalue weighted by molar-refractivity contribution is -0.142. The maximum Gasteiger partial charge on any atom is 0.306 e. The van der Waals surface area contributed by atoms with E-state index in [0.29, 0.717) is 6.04 Å². The molecule has 0 aromatic rings. The topological polar surface area (TPSA) is 131 Å². The Kier molecular flexibility index (Phi) is 17.7. The summed E-state index contributed by atoms with van der Waals surface area (Å²) >= 11 is 4.93. The third kappa shape index (κ3) is 14.6. The van der Waals surface area contributed by atoms with E-state index >= 15 is 0 Å². The Morgan fingerprint density at radius 1 is 0.714 bits per heavy atom. The molecule has 0 bridgehead atoms. The molecular weight excluding hydrogens is 560 g/mol. The van der Waals surface area contributed by atoms with Crippen molar-refractivity contribution in [3.63, 3.8) is 0 Å². The molecule has 0 atom stereocenters. The third-order valence-corrected chi connectivity index (χ3v) is 8.74. The maximum atomic E-state index is 11.9. The molecule has 2 rings (SSSR count). The lowest BCUT2D eigenvalue weighted by Gasteiger charge is -2.53. The summed E-state index contributed by atoms with van der Waals surface area (Å²) in [6.45, 7) is 17.9. The van der Waals surface area contributed by atoms with Gasteiger partial charge in [0, 0.05) is 47.1 Å². The maximum absolute atomic E-state index is 11.9. The van der Waals surface area contributed by atoms with Crippen molar-refractivity contribution < 1.29 is 28.7 Å². The molecule has 42 heavy (non-hydrogen) atoms. The Morgan fingerprint density at radius 3 is 1.38 bits per heavy atom. The Bertz CT molecular complexity index is 855. The van der Waals surface area contributed by atoms with Crippen molar-refractivity contribution >= 4 is 34.7 Å². The Balaban J connectivity index is 0. The molecule has 0 aliphatic carbocycles. The Morgan fingerprint density at radius 2 is 1.05 bits per heavy atom. The standard InChI is InChI=1S/C15H28N2O3.C10H22N2.C5H7ClO3.CH4/c1-14(2)9-11(10-15(3,4)17(14)5)16-12(18)7-8-13(19)20-6;1-9(2)6-8(11)7-10(3,4)12(9)5;1-9-5(8)3-2-4(6)7;/h11H,7-10H2,1-6H3,(H,16,18);8H,6-7,11H2,1-5H3;2-3H2,1H3;1H4. The first kappa shape index (κ1) is 42.4. The number of hydrogen-bond acceptors (Lipinski definition) is 9. The highest BCUT2D eigenvalue weighted by molar-refractivity contribution is 6.63. The van der Waals surface area contributed by atoms with Crippen LogP contribution in [0.5, 0.6) is 0 Å². The van der Waals surface area contributed by atoms with E-state index in [1.807, 2.05) is 0 Å². The minimum atomic E-state index is -0.514. The van der Waals surface area contributed by atoms with Crippen LogP contribution in [0.4, 0.5) is 0 Å². The number of halogens is 1. The van der Waals surface area contributed by atoms with Crippen molar-refractivity contribution in [1.29, 1.82) is 0 Å². The second-order valence-corrected chi connectivity index (χ2v) is 14.1. The summed E-state index contributed by atoms with van der Waals surface area (Å²) in [6, 6.07) is 0.521. The molecule has 2 saturated heterocycles. The van der Waals surface area contributed by atoms with Crippen molar-refractivity contribution in [2.45, 2.75) is 148 Å². The van der Waals surface area contributed by atoms with Gasteiger partial charge in [0.05, 0.1) is 27.1 Å². The van der Waals surface area contributed by atoms with Gasteiger partial charge >= 0.3 is 11.9 Å². The lowest BCUT2D eigenvalue weighted by Crippen LogP contribution is -2.62. The van der Waals surface area contributed by atoms with Crippen LogP contribution in [-0.2, 0) is 28.7 Å². The van der Waals surface area contributed by atoms with Gasteiger partial charge in [0.25, 0.3) is 0 Å². The number of amides is 1. The second kappa shape index (κ2) is 17.5. The molecule has 2 heterocycles. The van der Waals surface area contributed by atoms with Gasteiger partial charge in [-0.25, -0.2) is 0 Å². The predicted octanol–water partition coefficient (Wildman–Crippen LogP) is 4.64. The van der Waals surface area contributed by atoms with Crippen LogP contribution in [0.3, 0.4) is 0 Å². The van der Waals surface area contributed by atoms with Crippen molar-refractivity contribution in [3.05, 3.63) is 0 Å². The molecule has 2 aliphatic rings. The van der Waals surface area contributed by atoms with Gasteiger partial charge in [-0.05, 0) is 107 Å². The summed E-state index contributed by atoms with van der Waals surface area (Å²) in [5.74, 6) is -0.829. The molecular formula is C31H61ClN4O6. The average molecular weight is 621 g/mol. The number of esters is 2. The molecule has 248 valence electrons. The van der Waals surface area contributed by atoms with Gasteiger partial charge in [0.15, 0.2) is 0 Å². The van der Waals surface area contributed by atoms with Crippen LogP contribution < -0.4 is 11.1 Å².